The van der Waals surface area contributed by atoms with Crippen LogP contribution in [0.5, 0.6) is 0 Å². The lowest BCUT2D eigenvalue weighted by Gasteiger charge is -2.12. The van der Waals surface area contributed by atoms with Crippen molar-refractivity contribution in [2.24, 2.45) is 0 Å². The van der Waals surface area contributed by atoms with Gasteiger partial charge in [0, 0.05) is 0 Å². The largest absolute Gasteiger partial charge is 0.488 e. The molecule has 0 fully saturated rings. The fraction of sp³-hybridized carbons (Fsp3) is 0.0667. The second-order valence-corrected chi connectivity index (χ2v) is 5.26. The van der Waals surface area contributed by atoms with Gasteiger partial charge in [0.1, 0.15) is 0 Å². The van der Waals surface area contributed by atoms with Gasteiger partial charge in [0.15, 0.2) is 0 Å². The predicted octanol–water partition coefficient (Wildman–Crippen LogP) is 0.936. The minimum atomic E-state index is -4.68. The molecule has 0 bridgehead atoms. The summed E-state index contributed by atoms with van der Waals surface area (Å²) in [5, 5.41) is 20.5. The van der Waals surface area contributed by atoms with Gasteiger partial charge in [-0.1, -0.05) is 18.2 Å². The van der Waals surface area contributed by atoms with Gasteiger partial charge in [0.2, 0.25) is 0 Å². The van der Waals surface area contributed by atoms with E-state index in [-0.39, 0.29) is 27.7 Å². The van der Waals surface area contributed by atoms with Crippen molar-refractivity contribution in [2.75, 3.05) is 0 Å². The maximum absolute atomic E-state index is 13.0. The highest BCUT2D eigenvalue weighted by molar-refractivity contribution is 6.58. The lowest BCUT2D eigenvalue weighted by atomic mass is 9.78. The Balaban J connectivity index is 2.16. The Bertz CT molecular complexity index is 864. The predicted molar refractivity (Wildman–Crippen MR) is 78.5 cm³/mol. The Morgan fingerprint density at radius 3 is 2.17 bits per heavy atom. The second kappa shape index (κ2) is 5.46. The van der Waals surface area contributed by atoms with Crippen molar-refractivity contribution >= 4 is 24.4 Å². The lowest BCUT2D eigenvalue weighted by molar-refractivity contribution is -0.137. The number of hydrogen-bond acceptors (Lipinski definition) is 4. The molecule has 0 aliphatic carbocycles. The van der Waals surface area contributed by atoms with E-state index in [4.69, 9.17) is 0 Å². The third-order valence-electron chi connectivity index (χ3n) is 3.65. The van der Waals surface area contributed by atoms with Gasteiger partial charge in [-0.15, -0.1) is 0 Å². The zero-order valence-corrected chi connectivity index (χ0v) is 11.9. The van der Waals surface area contributed by atoms with Gasteiger partial charge in [0.05, 0.1) is 16.7 Å². The average Bonchev–Trinajstić information content (AvgIpc) is 2.80. The molecule has 9 heteroatoms. The summed E-state index contributed by atoms with van der Waals surface area (Å²) in [5.74, 6) is -1.21. The van der Waals surface area contributed by atoms with Crippen LogP contribution in [0.1, 0.15) is 26.3 Å². The zero-order valence-electron chi connectivity index (χ0n) is 11.9. The van der Waals surface area contributed by atoms with Crippen molar-refractivity contribution in [3.8, 4) is 11.1 Å². The minimum absolute atomic E-state index is 0.0443. The number of rotatable bonds is 2. The molecule has 2 amide bonds. The SMILES string of the molecule is O=C1NC(=O)c2cc(-c3cc(B(O)O)cc(C(F)(F)F)c3)ccc21. The zero-order chi connectivity index (χ0) is 17.6. The quantitative estimate of drug-likeness (QED) is 0.563. The number of carbonyl (C=O) groups is 2. The molecule has 1 aliphatic heterocycles. The smallest absolute Gasteiger partial charge is 0.423 e. The summed E-state index contributed by atoms with van der Waals surface area (Å²) in [7, 11) is -2.08. The van der Waals surface area contributed by atoms with Crippen LogP contribution < -0.4 is 10.8 Å². The maximum Gasteiger partial charge on any atom is 0.488 e. The molecule has 0 saturated heterocycles. The molecule has 0 atom stereocenters. The van der Waals surface area contributed by atoms with E-state index in [0.29, 0.717) is 6.07 Å². The number of nitrogens with one attached hydrogen (secondary N) is 1. The molecule has 1 aliphatic rings. The molecule has 1 heterocycles. The molecule has 0 saturated carbocycles. The number of carbonyl (C=O) groups excluding carboxylic acids is 2. The van der Waals surface area contributed by atoms with Crippen LogP contribution in [0, 0.1) is 0 Å². The normalized spacial score (nSPS) is 13.7. The minimum Gasteiger partial charge on any atom is -0.423 e. The number of amides is 2. The summed E-state index contributed by atoms with van der Waals surface area (Å²) in [5.41, 5.74) is -0.904. The number of alkyl halides is 3. The molecule has 0 unspecified atom stereocenters. The van der Waals surface area contributed by atoms with E-state index in [2.05, 4.69) is 5.32 Å². The van der Waals surface area contributed by atoms with Crippen molar-refractivity contribution in [1.29, 1.82) is 0 Å². The maximum atomic E-state index is 13.0. The summed E-state index contributed by atoms with van der Waals surface area (Å²) in [6, 6.07) is 6.66. The molecule has 2 aromatic carbocycles. The molecule has 3 rings (SSSR count). The van der Waals surface area contributed by atoms with E-state index in [9.17, 15) is 32.8 Å². The fourth-order valence-corrected chi connectivity index (χ4v) is 2.48. The van der Waals surface area contributed by atoms with E-state index in [1.165, 1.54) is 24.3 Å². The molecule has 3 N–H and O–H groups in total. The molecule has 122 valence electrons. The summed E-state index contributed by atoms with van der Waals surface area (Å²) in [6.45, 7) is 0. The van der Waals surface area contributed by atoms with Gasteiger partial charge in [-0.25, -0.2) is 0 Å². The first-order chi connectivity index (χ1) is 11.2. The van der Waals surface area contributed by atoms with Crippen LogP contribution in [0.2, 0.25) is 0 Å². The Kier molecular flexibility index (Phi) is 3.69. The number of halogens is 3. The monoisotopic (exact) mass is 335 g/mol. The highest BCUT2D eigenvalue weighted by atomic mass is 19.4. The molecule has 5 nitrogen and oxygen atoms in total. The van der Waals surface area contributed by atoms with Crippen LogP contribution in [-0.2, 0) is 6.18 Å². The van der Waals surface area contributed by atoms with Crippen molar-refractivity contribution in [3.63, 3.8) is 0 Å². The van der Waals surface area contributed by atoms with E-state index < -0.39 is 30.7 Å². The Morgan fingerprint density at radius 1 is 0.875 bits per heavy atom. The fourth-order valence-electron chi connectivity index (χ4n) is 2.48. The van der Waals surface area contributed by atoms with Gasteiger partial charge in [-0.3, -0.25) is 14.9 Å². The van der Waals surface area contributed by atoms with E-state index in [1.807, 2.05) is 0 Å². The lowest BCUT2D eigenvalue weighted by Crippen LogP contribution is -2.31. The molecule has 24 heavy (non-hydrogen) atoms. The van der Waals surface area contributed by atoms with Gasteiger partial charge < -0.3 is 10.0 Å². The molecule has 0 spiro atoms. The second-order valence-electron chi connectivity index (χ2n) is 5.26. The standard InChI is InChI=1S/C15H9BF3NO4/c17-15(18,19)9-3-8(4-10(6-9)16(23)24)7-1-2-11-12(5-7)14(22)20-13(11)21/h1-6,23-24H,(H,20,21,22). The number of imide groups is 1. The highest BCUT2D eigenvalue weighted by Gasteiger charge is 2.33. The third kappa shape index (κ3) is 2.79. The summed E-state index contributed by atoms with van der Waals surface area (Å²) in [6.07, 6.45) is -4.68. The van der Waals surface area contributed by atoms with Crippen LogP contribution in [0.4, 0.5) is 13.2 Å². The van der Waals surface area contributed by atoms with Gasteiger partial charge in [-0.2, -0.15) is 13.2 Å². The number of benzene rings is 2. The first-order valence-corrected chi connectivity index (χ1v) is 6.75. The first kappa shape index (κ1) is 16.2. The Hall–Kier alpha value is -2.65. The van der Waals surface area contributed by atoms with Crippen molar-refractivity contribution in [1.82, 2.24) is 5.32 Å². The van der Waals surface area contributed by atoms with Crippen molar-refractivity contribution < 1.29 is 32.8 Å². The number of fused-ring (bicyclic) bond motifs is 1. The summed E-state index contributed by atoms with van der Waals surface area (Å²) >= 11 is 0. The number of hydrogen-bond donors (Lipinski definition) is 3. The highest BCUT2D eigenvalue weighted by Crippen LogP contribution is 2.32. The van der Waals surface area contributed by atoms with Crippen LogP contribution in [0.3, 0.4) is 0 Å². The molecule has 0 radical (unpaired) electrons. The first-order valence-electron chi connectivity index (χ1n) is 6.75. The van der Waals surface area contributed by atoms with E-state index in [0.717, 1.165) is 6.07 Å². The molecule has 0 aromatic heterocycles. The van der Waals surface area contributed by atoms with E-state index >= 15 is 0 Å². The molecular formula is C15H9BF3NO4. The summed E-state index contributed by atoms with van der Waals surface area (Å²) < 4.78 is 39.0. The van der Waals surface area contributed by atoms with Crippen molar-refractivity contribution in [3.05, 3.63) is 53.1 Å². The van der Waals surface area contributed by atoms with Crippen LogP contribution in [-0.4, -0.2) is 29.0 Å². The Morgan fingerprint density at radius 2 is 1.54 bits per heavy atom. The van der Waals surface area contributed by atoms with E-state index in [1.54, 1.807) is 0 Å². The van der Waals surface area contributed by atoms with Crippen molar-refractivity contribution in [2.45, 2.75) is 6.18 Å². The van der Waals surface area contributed by atoms with Crippen LogP contribution in [0.25, 0.3) is 11.1 Å². The molecular weight excluding hydrogens is 326 g/mol. The average molecular weight is 335 g/mol. The van der Waals surface area contributed by atoms with Gasteiger partial charge in [0.25, 0.3) is 11.8 Å². The van der Waals surface area contributed by atoms with Crippen LogP contribution >= 0.6 is 0 Å². The topological polar surface area (TPSA) is 86.6 Å². The van der Waals surface area contributed by atoms with Gasteiger partial charge >= 0.3 is 13.3 Å². The summed E-state index contributed by atoms with van der Waals surface area (Å²) in [4.78, 5) is 23.2. The Labute approximate surface area is 133 Å². The third-order valence-corrected chi connectivity index (χ3v) is 3.65. The van der Waals surface area contributed by atoms with Crippen LogP contribution in [0.15, 0.2) is 36.4 Å². The van der Waals surface area contributed by atoms with Gasteiger partial charge in [-0.05, 0) is 34.8 Å². The molecule has 2 aromatic rings.